The molecular weight excluding hydrogens is 408 g/mol. The molecule has 0 unspecified atom stereocenters. The Hall–Kier alpha value is -3.48. The minimum atomic E-state index is -0.567. The summed E-state index contributed by atoms with van der Waals surface area (Å²) in [7, 11) is 3.11. The zero-order valence-corrected chi connectivity index (χ0v) is 18.4. The molecule has 1 fully saturated rings. The average molecular weight is 437 g/mol. The quantitative estimate of drug-likeness (QED) is 0.520. The van der Waals surface area contributed by atoms with E-state index in [0.29, 0.717) is 22.8 Å². The number of anilines is 2. The molecule has 1 amide bonds. The molecular formula is C25H28N2O5. The molecule has 0 bridgehead atoms. The predicted molar refractivity (Wildman–Crippen MR) is 125 cm³/mol. The summed E-state index contributed by atoms with van der Waals surface area (Å²) in [6.45, 7) is 0. The van der Waals surface area contributed by atoms with Crippen molar-refractivity contribution in [2.75, 3.05) is 24.9 Å². The first-order valence-electron chi connectivity index (χ1n) is 10.9. The van der Waals surface area contributed by atoms with Gasteiger partial charge in [-0.2, -0.15) is 0 Å². The van der Waals surface area contributed by atoms with Crippen LogP contribution >= 0.6 is 0 Å². The molecule has 7 heteroatoms. The van der Waals surface area contributed by atoms with Crippen molar-refractivity contribution in [2.45, 2.75) is 44.6 Å². The number of hydrogen-bond acceptors (Lipinski definition) is 6. The molecule has 0 atom stereocenters. The van der Waals surface area contributed by atoms with Crippen molar-refractivity contribution < 1.29 is 18.7 Å². The number of carbonyl (C=O) groups excluding carboxylic acids is 1. The van der Waals surface area contributed by atoms with Crippen LogP contribution in [0.3, 0.4) is 0 Å². The highest BCUT2D eigenvalue weighted by Crippen LogP contribution is 2.32. The summed E-state index contributed by atoms with van der Waals surface area (Å²) in [6, 6.07) is 12.9. The number of nitrogens with one attached hydrogen (secondary N) is 2. The fourth-order valence-corrected chi connectivity index (χ4v) is 4.22. The number of hydrogen-bond donors (Lipinski definition) is 2. The third kappa shape index (κ3) is 4.72. The Kier molecular flexibility index (Phi) is 6.63. The Morgan fingerprint density at radius 1 is 1.00 bits per heavy atom. The van der Waals surface area contributed by atoms with Gasteiger partial charge in [-0.1, -0.05) is 37.5 Å². The predicted octanol–water partition coefficient (Wildman–Crippen LogP) is 4.74. The summed E-state index contributed by atoms with van der Waals surface area (Å²) < 4.78 is 16.1. The van der Waals surface area contributed by atoms with Gasteiger partial charge in [0.1, 0.15) is 5.58 Å². The third-order valence-electron chi connectivity index (χ3n) is 5.84. The topological polar surface area (TPSA) is 89.8 Å². The number of amides is 1. The van der Waals surface area contributed by atoms with Gasteiger partial charge in [0.2, 0.25) is 5.91 Å². The number of rotatable bonds is 7. The van der Waals surface area contributed by atoms with Gasteiger partial charge in [0.05, 0.1) is 26.3 Å². The van der Waals surface area contributed by atoms with Crippen LogP contribution in [-0.4, -0.2) is 26.2 Å². The Morgan fingerprint density at radius 3 is 2.50 bits per heavy atom. The largest absolute Gasteiger partial charge is 0.493 e. The summed E-state index contributed by atoms with van der Waals surface area (Å²) in [5.74, 6) is 0.819. The van der Waals surface area contributed by atoms with Gasteiger partial charge in [0.25, 0.3) is 0 Å². The molecule has 2 aromatic carbocycles. The van der Waals surface area contributed by atoms with Gasteiger partial charge < -0.3 is 24.5 Å². The van der Waals surface area contributed by atoms with Crippen molar-refractivity contribution in [3.8, 4) is 11.5 Å². The lowest BCUT2D eigenvalue weighted by Crippen LogP contribution is -2.26. The minimum Gasteiger partial charge on any atom is -0.493 e. The molecule has 7 nitrogen and oxygen atoms in total. The molecule has 3 aromatic rings. The van der Waals surface area contributed by atoms with E-state index < -0.39 is 5.63 Å². The average Bonchev–Trinajstić information content (AvgIpc) is 2.81. The molecule has 168 valence electrons. The van der Waals surface area contributed by atoms with E-state index in [0.717, 1.165) is 36.6 Å². The van der Waals surface area contributed by atoms with E-state index in [1.807, 2.05) is 18.2 Å². The number of fused-ring (bicyclic) bond motifs is 1. The molecule has 0 radical (unpaired) electrons. The zero-order valence-electron chi connectivity index (χ0n) is 18.4. The van der Waals surface area contributed by atoms with Crippen LogP contribution in [0.15, 0.2) is 51.7 Å². The smallest absolute Gasteiger partial charge is 0.362 e. The monoisotopic (exact) mass is 436 g/mol. The highest BCUT2D eigenvalue weighted by molar-refractivity contribution is 6.02. The summed E-state index contributed by atoms with van der Waals surface area (Å²) in [5, 5.41) is 7.10. The van der Waals surface area contributed by atoms with Gasteiger partial charge in [-0.05, 0) is 42.7 Å². The van der Waals surface area contributed by atoms with Crippen LogP contribution in [0.1, 0.15) is 37.7 Å². The van der Waals surface area contributed by atoms with E-state index in [2.05, 4.69) is 10.6 Å². The fraction of sp³-hybridized carbons (Fsp3) is 0.360. The van der Waals surface area contributed by atoms with Crippen LogP contribution < -0.4 is 25.7 Å². The Balaban J connectivity index is 1.63. The van der Waals surface area contributed by atoms with Crippen LogP contribution in [0, 0.1) is 0 Å². The van der Waals surface area contributed by atoms with Crippen LogP contribution in [0.25, 0.3) is 11.0 Å². The lowest BCUT2D eigenvalue weighted by atomic mass is 9.95. The van der Waals surface area contributed by atoms with Crippen molar-refractivity contribution in [3.05, 3.63) is 58.4 Å². The van der Waals surface area contributed by atoms with E-state index in [9.17, 15) is 9.59 Å². The number of methoxy groups -OCH3 is 2. The zero-order chi connectivity index (χ0) is 22.5. The second-order valence-corrected chi connectivity index (χ2v) is 8.03. The molecule has 32 heavy (non-hydrogen) atoms. The Morgan fingerprint density at radius 2 is 1.75 bits per heavy atom. The Labute approximate surface area is 186 Å². The summed E-state index contributed by atoms with van der Waals surface area (Å²) in [6.07, 6.45) is 5.68. The molecule has 1 saturated carbocycles. The minimum absolute atomic E-state index is 0.0789. The lowest BCUT2D eigenvalue weighted by molar-refractivity contribution is -0.115. The third-order valence-corrected chi connectivity index (χ3v) is 5.84. The first kappa shape index (κ1) is 21.7. The highest BCUT2D eigenvalue weighted by atomic mass is 16.5. The van der Waals surface area contributed by atoms with Crippen LogP contribution in [0.2, 0.25) is 0 Å². The van der Waals surface area contributed by atoms with E-state index in [4.69, 9.17) is 13.9 Å². The van der Waals surface area contributed by atoms with Crippen molar-refractivity contribution >= 4 is 28.3 Å². The van der Waals surface area contributed by atoms with Crippen LogP contribution in [0.4, 0.5) is 11.4 Å². The van der Waals surface area contributed by atoms with Gasteiger partial charge in [-0.25, -0.2) is 4.79 Å². The van der Waals surface area contributed by atoms with E-state index in [1.165, 1.54) is 6.42 Å². The maximum atomic E-state index is 12.9. The maximum absolute atomic E-state index is 12.9. The van der Waals surface area contributed by atoms with Crippen molar-refractivity contribution in [1.82, 2.24) is 0 Å². The highest BCUT2D eigenvalue weighted by Gasteiger charge is 2.21. The van der Waals surface area contributed by atoms with Crippen LogP contribution in [0.5, 0.6) is 11.5 Å². The molecule has 0 spiro atoms. The number of benzene rings is 2. The van der Waals surface area contributed by atoms with E-state index >= 15 is 0 Å². The van der Waals surface area contributed by atoms with Crippen molar-refractivity contribution in [3.63, 3.8) is 0 Å². The van der Waals surface area contributed by atoms with Crippen LogP contribution in [-0.2, 0) is 11.2 Å². The lowest BCUT2D eigenvalue weighted by Gasteiger charge is -2.25. The number of carbonyl (C=O) groups is 1. The molecule has 0 aliphatic heterocycles. The first-order chi connectivity index (χ1) is 15.6. The molecule has 4 rings (SSSR count). The maximum Gasteiger partial charge on any atom is 0.362 e. The van der Waals surface area contributed by atoms with Crippen molar-refractivity contribution in [1.29, 1.82) is 0 Å². The summed E-state index contributed by atoms with van der Waals surface area (Å²) >= 11 is 0. The normalized spacial score (nSPS) is 14.2. The van der Waals surface area contributed by atoms with Gasteiger partial charge in [-0.15, -0.1) is 0 Å². The number of ether oxygens (including phenoxy) is 2. The molecule has 1 aliphatic carbocycles. The standard InChI is InChI=1S/C25H28N2O5/c1-30-20-13-12-16(14-21(20)31-2)15-22(28)27-24-23(26-17-8-4-3-5-9-17)18-10-6-7-11-19(18)32-25(24)29/h6-7,10-14,17,26H,3-5,8-9,15H2,1-2H3,(H,27,28). The van der Waals surface area contributed by atoms with Gasteiger partial charge >= 0.3 is 5.63 Å². The Bertz CT molecular complexity index is 1160. The molecule has 1 aliphatic rings. The van der Waals surface area contributed by atoms with E-state index in [-0.39, 0.29) is 24.1 Å². The summed E-state index contributed by atoms with van der Waals surface area (Å²) in [4.78, 5) is 25.7. The number of para-hydroxylation sites is 1. The molecule has 2 N–H and O–H groups in total. The second kappa shape index (κ2) is 9.77. The van der Waals surface area contributed by atoms with Gasteiger partial charge in [-0.3, -0.25) is 4.79 Å². The van der Waals surface area contributed by atoms with Gasteiger partial charge in [0, 0.05) is 11.4 Å². The first-order valence-corrected chi connectivity index (χ1v) is 10.9. The fourth-order valence-electron chi connectivity index (χ4n) is 4.22. The molecule has 1 aromatic heterocycles. The molecule has 1 heterocycles. The van der Waals surface area contributed by atoms with Crippen molar-refractivity contribution in [2.24, 2.45) is 0 Å². The van der Waals surface area contributed by atoms with Gasteiger partial charge in [0.15, 0.2) is 17.2 Å². The SMILES string of the molecule is COc1ccc(CC(=O)Nc2c(NC3CCCCC3)c3ccccc3oc2=O)cc1OC. The summed E-state index contributed by atoms with van der Waals surface area (Å²) in [5.41, 5.74) is 1.45. The second-order valence-electron chi connectivity index (χ2n) is 8.03. The molecule has 0 saturated heterocycles. The van der Waals surface area contributed by atoms with E-state index in [1.54, 1.807) is 38.5 Å².